The van der Waals surface area contributed by atoms with Crippen LogP contribution in [0.25, 0.3) is 9.75 Å². The largest absolute Gasteiger partial charge is 2.00 e. The average Bonchev–Trinajstić information content (AvgIpc) is 3.56. The van der Waals surface area contributed by atoms with E-state index < -0.39 is 15.8 Å². The summed E-state index contributed by atoms with van der Waals surface area (Å²) in [6, 6.07) is 51.3. The quantitative estimate of drug-likeness (QED) is 0.106. The first kappa shape index (κ1) is 33.7. The van der Waals surface area contributed by atoms with Gasteiger partial charge in [-0.2, -0.15) is 20.9 Å². The molecule has 220 valence electrons. The van der Waals surface area contributed by atoms with Gasteiger partial charge in [0.05, 0.1) is 37.1 Å². The van der Waals surface area contributed by atoms with Gasteiger partial charge in [0.1, 0.15) is 12.3 Å². The van der Waals surface area contributed by atoms with E-state index in [9.17, 15) is 0 Å². The number of aryl methyl sites for hydroxylation is 4. The Hall–Kier alpha value is -2.17. The van der Waals surface area contributed by atoms with Gasteiger partial charge in [-0.3, -0.25) is 0 Å². The van der Waals surface area contributed by atoms with Crippen molar-refractivity contribution < 1.29 is 21.1 Å². The smallest absolute Gasteiger partial charge is 0.302 e. The number of thiophene rings is 2. The van der Waals surface area contributed by atoms with Crippen molar-refractivity contribution >= 4 is 59.7 Å². The van der Waals surface area contributed by atoms with Gasteiger partial charge in [-0.05, 0) is 48.5 Å². The van der Waals surface area contributed by atoms with E-state index in [2.05, 4.69) is 161 Å². The monoisotopic (exact) mass is 815 g/mol. The molecule has 0 saturated heterocycles. The van der Waals surface area contributed by atoms with Crippen LogP contribution in [0, 0.1) is 39.8 Å². The maximum Gasteiger partial charge on any atom is 2.00 e. The summed E-state index contributed by atoms with van der Waals surface area (Å²) in [7, 11) is -1.57. The number of benzene rings is 4. The molecule has 6 aromatic rings. The Morgan fingerprint density at radius 2 is 0.698 bits per heavy atom. The Balaban J connectivity index is 0.000000238. The van der Waals surface area contributed by atoms with Gasteiger partial charge >= 0.3 is 21.1 Å². The molecule has 0 radical (unpaired) electrons. The van der Waals surface area contributed by atoms with Crippen LogP contribution in [-0.4, -0.2) is 12.3 Å². The molecule has 0 bridgehead atoms. The summed E-state index contributed by atoms with van der Waals surface area (Å²) in [5.41, 5.74) is 2.53. The summed E-state index contributed by atoms with van der Waals surface area (Å²) in [5, 5.41) is 6.06. The molecule has 0 aliphatic heterocycles. The second-order valence-corrected chi connectivity index (χ2v) is 18.1. The first-order chi connectivity index (χ1) is 20.5. The molecule has 0 aliphatic carbocycles. The predicted molar refractivity (Wildman–Crippen MR) is 195 cm³/mol. The zero-order valence-corrected chi connectivity index (χ0v) is 31.0. The van der Waals surface area contributed by atoms with Crippen LogP contribution in [0.4, 0.5) is 0 Å². The van der Waals surface area contributed by atoms with Crippen molar-refractivity contribution in [1.29, 1.82) is 0 Å². The fourth-order valence-corrected chi connectivity index (χ4v) is 13.1. The second kappa shape index (κ2) is 16.8. The van der Waals surface area contributed by atoms with Gasteiger partial charge in [-0.15, -0.1) is 9.75 Å². The van der Waals surface area contributed by atoms with Gasteiger partial charge in [0, 0.05) is 0 Å². The molecular weight excluding hydrogens is 778 g/mol. The third kappa shape index (κ3) is 9.17. The minimum Gasteiger partial charge on any atom is -0.302 e. The molecule has 0 spiro atoms. The number of hydrogen-bond donors (Lipinski definition) is 0. The van der Waals surface area contributed by atoms with Gasteiger partial charge in [0.15, 0.2) is 0 Å². The zero-order chi connectivity index (χ0) is 29.3. The van der Waals surface area contributed by atoms with Crippen molar-refractivity contribution in [3.8, 4) is 9.75 Å². The van der Waals surface area contributed by atoms with E-state index >= 15 is 0 Å². The van der Waals surface area contributed by atoms with Crippen molar-refractivity contribution in [1.82, 2.24) is 0 Å². The molecular formula is C38H38P2PtS2+2. The van der Waals surface area contributed by atoms with Crippen molar-refractivity contribution in [2.75, 3.05) is 12.3 Å². The van der Waals surface area contributed by atoms with Crippen LogP contribution in [0.15, 0.2) is 121 Å². The fourth-order valence-electron chi connectivity index (χ4n) is 4.95. The molecule has 0 nitrogen and oxygen atoms in total. The summed E-state index contributed by atoms with van der Waals surface area (Å²) in [4.78, 5) is 5.19. The predicted octanol–water partition coefficient (Wildman–Crippen LogP) is 9.02. The summed E-state index contributed by atoms with van der Waals surface area (Å²) < 4.78 is 0. The van der Waals surface area contributed by atoms with Gasteiger partial charge < -0.3 is 22.7 Å². The Bertz CT molecular complexity index is 1420. The average molecular weight is 816 g/mol. The minimum absolute atomic E-state index is 0. The van der Waals surface area contributed by atoms with E-state index in [1.54, 1.807) is 0 Å². The molecule has 0 saturated carbocycles. The first-order valence-corrected chi connectivity index (χ1v) is 19.5. The van der Waals surface area contributed by atoms with E-state index in [-0.39, 0.29) is 21.1 Å². The Kier molecular flexibility index (Phi) is 13.2. The van der Waals surface area contributed by atoms with Gasteiger partial charge in [0.2, 0.25) is 0 Å². The molecule has 4 aromatic carbocycles. The van der Waals surface area contributed by atoms with Gasteiger partial charge in [-0.25, -0.2) is 12.1 Å². The van der Waals surface area contributed by atoms with Crippen LogP contribution in [0.1, 0.15) is 20.9 Å². The first-order valence-electron chi connectivity index (χ1n) is 14.4. The summed E-state index contributed by atoms with van der Waals surface area (Å²) >= 11 is 3.63. The van der Waals surface area contributed by atoms with E-state index in [4.69, 9.17) is 0 Å². The summed E-state index contributed by atoms with van der Waals surface area (Å²) in [6.07, 6.45) is 2.52. The van der Waals surface area contributed by atoms with Crippen LogP contribution in [0.5, 0.6) is 0 Å². The van der Waals surface area contributed by atoms with Crippen LogP contribution in [0.2, 0.25) is 0 Å². The van der Waals surface area contributed by atoms with Gasteiger partial charge in [-0.1, -0.05) is 100 Å². The van der Waals surface area contributed by atoms with Crippen LogP contribution < -0.4 is 21.2 Å². The Morgan fingerprint density at radius 1 is 0.442 bits per heavy atom. The Morgan fingerprint density at radius 3 is 0.907 bits per heavy atom. The minimum atomic E-state index is -0.783. The Labute approximate surface area is 283 Å². The molecule has 2 heterocycles. The normalized spacial score (nSPS) is 10.7. The molecule has 0 aliphatic rings. The molecule has 6 rings (SSSR count). The van der Waals surface area contributed by atoms with E-state index in [1.807, 2.05) is 22.7 Å². The molecule has 0 atom stereocenters. The van der Waals surface area contributed by atoms with Crippen molar-refractivity contribution in [3.05, 3.63) is 154 Å². The fraction of sp³-hybridized carbons (Fsp3) is 0.158. The van der Waals surface area contributed by atoms with E-state index in [0.717, 1.165) is 0 Å². The summed E-state index contributed by atoms with van der Waals surface area (Å²) in [5.74, 6) is 0. The maximum absolute atomic E-state index is 3.40. The third-order valence-corrected chi connectivity index (χ3v) is 16.0. The van der Waals surface area contributed by atoms with Crippen molar-refractivity contribution in [3.63, 3.8) is 0 Å². The molecule has 0 amide bonds. The van der Waals surface area contributed by atoms with Gasteiger partial charge in [0.25, 0.3) is 0 Å². The topological polar surface area (TPSA) is 0 Å². The molecule has 0 fully saturated rings. The van der Waals surface area contributed by atoms with E-state index in [0.29, 0.717) is 0 Å². The van der Waals surface area contributed by atoms with Crippen molar-refractivity contribution in [2.45, 2.75) is 27.7 Å². The van der Waals surface area contributed by atoms with E-state index in [1.165, 1.54) is 64.2 Å². The maximum atomic E-state index is 3.40. The molecule has 5 heteroatoms. The third-order valence-electron chi connectivity index (χ3n) is 7.49. The van der Waals surface area contributed by atoms with Crippen LogP contribution in [-0.2, 0) is 21.1 Å². The molecule has 0 unspecified atom stereocenters. The number of rotatable bonds is 8. The number of hydrogen-bond acceptors (Lipinski definition) is 2. The second-order valence-electron chi connectivity index (χ2n) is 10.4. The zero-order valence-electron chi connectivity index (χ0n) is 25.1. The molecule has 0 N–H and O–H groups in total. The SMILES string of the molecule is Cc1[c-]c(-c2[c-]c(C)c(C)s2)sc1C.[Pt+2].c1ccc([PH+](CC[PH+](c2ccccc2)c2ccccc2)c2ccccc2)cc1. The van der Waals surface area contributed by atoms with Crippen molar-refractivity contribution in [2.24, 2.45) is 0 Å². The van der Waals surface area contributed by atoms with Crippen LogP contribution in [0.3, 0.4) is 0 Å². The standard InChI is InChI=1S/C26H24P2.C12H12S2.Pt/c1-5-13-23(14-6-1)27(24-15-7-2-8-16-24)21-22-28(25-17-9-3-10-18-25)26-19-11-4-12-20-26;1-7-5-11(13-9(7)3)12-6-8(2)10(4)14-12;/h1-20H,21-22H2;1-4H3;/q;-2;+2/p+2. The molecule has 43 heavy (non-hydrogen) atoms. The van der Waals surface area contributed by atoms with Crippen LogP contribution >= 0.6 is 38.5 Å². The molecule has 2 aromatic heterocycles. The summed E-state index contributed by atoms with van der Waals surface area (Å²) in [6.45, 7) is 8.52.